The first-order valence-electron chi connectivity index (χ1n) is 5.33. The molecule has 3 nitrogen and oxygen atoms in total. The van der Waals surface area contributed by atoms with Crippen LogP contribution in [0.5, 0.6) is 0 Å². The molecule has 0 aromatic heterocycles. The minimum absolute atomic E-state index is 0.342. The smallest absolute Gasteiger partial charge is 0.207 e. The summed E-state index contributed by atoms with van der Waals surface area (Å²) in [5.41, 5.74) is 0.485. The number of nitrogens with zero attached hydrogens (tertiary/aromatic N) is 1. The first kappa shape index (κ1) is 14.7. The lowest BCUT2D eigenvalue weighted by Crippen LogP contribution is -2.46. The normalized spacial score (nSPS) is 13.1. The maximum absolute atomic E-state index is 12.4. The molecule has 0 N–H and O–H groups in total. The Morgan fingerprint density at radius 3 is 2.41 bits per heavy atom. The van der Waals surface area contributed by atoms with Gasteiger partial charge in [0, 0.05) is 17.9 Å². The molecule has 0 heterocycles. The maximum Gasteiger partial charge on any atom is 0.243 e. The number of benzene rings is 1. The molecule has 5 heteroatoms. The highest BCUT2D eigenvalue weighted by atomic mass is 79.9. The van der Waals surface area contributed by atoms with Crippen molar-refractivity contribution in [2.45, 2.75) is 31.2 Å². The highest BCUT2D eigenvalue weighted by molar-refractivity contribution is 9.09. The number of sulfonamides is 1. The van der Waals surface area contributed by atoms with Crippen LogP contribution in [0.15, 0.2) is 29.2 Å². The predicted molar refractivity (Wildman–Crippen MR) is 74.0 cm³/mol. The zero-order valence-corrected chi connectivity index (χ0v) is 13.0. The fourth-order valence-corrected chi connectivity index (χ4v) is 3.50. The quantitative estimate of drug-likeness (QED) is 0.800. The van der Waals surface area contributed by atoms with Crippen molar-refractivity contribution in [1.82, 2.24) is 4.31 Å². The number of aryl methyl sites for hydroxylation is 1. The third kappa shape index (κ3) is 3.09. The van der Waals surface area contributed by atoms with E-state index < -0.39 is 15.6 Å². The fourth-order valence-electron chi connectivity index (χ4n) is 1.34. The molecule has 96 valence electrons. The molecule has 0 aliphatic carbocycles. The Morgan fingerprint density at radius 1 is 1.35 bits per heavy atom. The predicted octanol–water partition coefficient (Wildman–Crippen LogP) is 2.79. The van der Waals surface area contributed by atoms with Gasteiger partial charge in [-0.3, -0.25) is 0 Å². The van der Waals surface area contributed by atoms with Gasteiger partial charge in [-0.2, -0.15) is 4.31 Å². The van der Waals surface area contributed by atoms with Crippen molar-refractivity contribution in [3.8, 4) is 0 Å². The second-order valence-corrected chi connectivity index (χ2v) is 7.27. The Morgan fingerprint density at radius 2 is 1.94 bits per heavy atom. The summed E-state index contributed by atoms with van der Waals surface area (Å²) in [6.07, 6.45) is 0. The van der Waals surface area contributed by atoms with E-state index in [1.54, 1.807) is 25.2 Å². The second kappa shape index (κ2) is 5.08. The Labute approximate surface area is 112 Å². The topological polar surface area (TPSA) is 37.4 Å². The molecule has 0 atom stereocenters. The summed E-state index contributed by atoms with van der Waals surface area (Å²) in [6, 6.07) is 6.96. The molecule has 1 aromatic rings. The lowest BCUT2D eigenvalue weighted by Gasteiger charge is -2.33. The molecule has 0 bridgehead atoms. The van der Waals surface area contributed by atoms with Crippen molar-refractivity contribution >= 4 is 26.0 Å². The minimum Gasteiger partial charge on any atom is -0.207 e. The summed E-state index contributed by atoms with van der Waals surface area (Å²) in [7, 11) is -1.82. The van der Waals surface area contributed by atoms with Gasteiger partial charge in [-0.25, -0.2) is 8.42 Å². The molecular formula is C12H18BrNO2S. The average molecular weight is 320 g/mol. The lowest BCUT2D eigenvalue weighted by molar-refractivity contribution is 0.299. The van der Waals surface area contributed by atoms with E-state index in [0.717, 1.165) is 5.56 Å². The number of hydrogen-bond acceptors (Lipinski definition) is 2. The zero-order chi connectivity index (χ0) is 13.3. The highest BCUT2D eigenvalue weighted by Gasteiger charge is 2.33. The van der Waals surface area contributed by atoms with Crippen molar-refractivity contribution < 1.29 is 8.42 Å². The first-order valence-corrected chi connectivity index (χ1v) is 7.89. The van der Waals surface area contributed by atoms with Crippen LogP contribution in [0.2, 0.25) is 0 Å². The van der Waals surface area contributed by atoms with Crippen LogP contribution < -0.4 is 0 Å². The first-order chi connectivity index (χ1) is 7.71. The van der Waals surface area contributed by atoms with E-state index >= 15 is 0 Å². The summed E-state index contributed by atoms with van der Waals surface area (Å²) < 4.78 is 26.2. The van der Waals surface area contributed by atoms with Crippen molar-refractivity contribution in [2.24, 2.45) is 0 Å². The van der Waals surface area contributed by atoms with Gasteiger partial charge < -0.3 is 0 Å². The molecule has 0 saturated heterocycles. The van der Waals surface area contributed by atoms with Gasteiger partial charge in [-0.05, 0) is 38.5 Å². The van der Waals surface area contributed by atoms with E-state index in [1.807, 2.05) is 26.8 Å². The molecule has 1 aromatic carbocycles. The van der Waals surface area contributed by atoms with E-state index in [9.17, 15) is 8.42 Å². The van der Waals surface area contributed by atoms with Gasteiger partial charge in [0.1, 0.15) is 0 Å². The molecule has 17 heavy (non-hydrogen) atoms. The summed E-state index contributed by atoms with van der Waals surface area (Å²) in [5, 5.41) is 0.585. The Bertz CT molecular complexity index is 497. The van der Waals surface area contributed by atoms with Gasteiger partial charge in [0.2, 0.25) is 10.0 Å². The van der Waals surface area contributed by atoms with Gasteiger partial charge in [0.05, 0.1) is 4.90 Å². The van der Waals surface area contributed by atoms with Crippen LogP contribution >= 0.6 is 15.9 Å². The number of hydrogen-bond donors (Lipinski definition) is 0. The summed E-state index contributed by atoms with van der Waals surface area (Å²) in [5.74, 6) is 0. The molecule has 0 amide bonds. The van der Waals surface area contributed by atoms with Crippen molar-refractivity contribution in [3.63, 3.8) is 0 Å². The van der Waals surface area contributed by atoms with Crippen LogP contribution in [0.3, 0.4) is 0 Å². The third-order valence-corrected chi connectivity index (χ3v) is 6.26. The standard InChI is InChI=1S/C12H18BrNO2S/c1-10-6-5-7-11(8-10)17(15,16)14(4)12(2,3)9-13/h5-8H,9H2,1-4H3. The third-order valence-electron chi connectivity index (χ3n) is 2.83. The Balaban J connectivity index is 3.21. The minimum atomic E-state index is -3.43. The lowest BCUT2D eigenvalue weighted by atomic mass is 10.1. The number of halogens is 1. The SMILES string of the molecule is Cc1cccc(S(=O)(=O)N(C)C(C)(C)CBr)c1. The molecule has 0 radical (unpaired) electrons. The molecular weight excluding hydrogens is 302 g/mol. The van der Waals surface area contributed by atoms with Gasteiger partial charge in [-0.15, -0.1) is 0 Å². The maximum atomic E-state index is 12.4. The molecule has 0 saturated carbocycles. The van der Waals surface area contributed by atoms with Gasteiger partial charge in [-0.1, -0.05) is 28.1 Å². The summed E-state index contributed by atoms with van der Waals surface area (Å²) in [6.45, 7) is 5.65. The zero-order valence-electron chi connectivity index (χ0n) is 10.6. The molecule has 0 unspecified atom stereocenters. The van der Waals surface area contributed by atoms with E-state index in [2.05, 4.69) is 15.9 Å². The monoisotopic (exact) mass is 319 g/mol. The second-order valence-electron chi connectivity index (χ2n) is 4.74. The largest absolute Gasteiger partial charge is 0.243 e. The Hall–Kier alpha value is -0.390. The Kier molecular flexibility index (Phi) is 4.38. The fraction of sp³-hybridized carbons (Fsp3) is 0.500. The van der Waals surface area contributed by atoms with Gasteiger partial charge >= 0.3 is 0 Å². The number of alkyl halides is 1. The summed E-state index contributed by atoms with van der Waals surface area (Å²) >= 11 is 3.34. The number of rotatable bonds is 4. The van der Waals surface area contributed by atoms with Gasteiger partial charge in [0.15, 0.2) is 0 Å². The van der Waals surface area contributed by atoms with E-state index in [4.69, 9.17) is 0 Å². The molecule has 1 rings (SSSR count). The van der Waals surface area contributed by atoms with Gasteiger partial charge in [0.25, 0.3) is 0 Å². The van der Waals surface area contributed by atoms with Crippen molar-refractivity contribution in [3.05, 3.63) is 29.8 Å². The summed E-state index contributed by atoms with van der Waals surface area (Å²) in [4.78, 5) is 0.342. The highest BCUT2D eigenvalue weighted by Crippen LogP contribution is 2.24. The van der Waals surface area contributed by atoms with Crippen molar-refractivity contribution in [1.29, 1.82) is 0 Å². The van der Waals surface area contributed by atoms with E-state index in [0.29, 0.717) is 10.2 Å². The van der Waals surface area contributed by atoms with Crippen LogP contribution in [0.25, 0.3) is 0 Å². The van der Waals surface area contributed by atoms with Crippen LogP contribution in [0.1, 0.15) is 19.4 Å². The van der Waals surface area contributed by atoms with Crippen molar-refractivity contribution in [2.75, 3.05) is 12.4 Å². The molecule has 0 fully saturated rings. The van der Waals surface area contributed by atoms with E-state index in [1.165, 1.54) is 4.31 Å². The van der Waals surface area contributed by atoms with E-state index in [-0.39, 0.29) is 0 Å². The average Bonchev–Trinajstić information content (AvgIpc) is 2.28. The molecule has 0 aliphatic rings. The van der Waals surface area contributed by atoms with Crippen LogP contribution in [0.4, 0.5) is 0 Å². The molecule has 0 aliphatic heterocycles. The van der Waals surface area contributed by atoms with Crippen LogP contribution in [-0.2, 0) is 10.0 Å². The van der Waals surface area contributed by atoms with Crippen LogP contribution in [0, 0.1) is 6.92 Å². The molecule has 0 spiro atoms. The van der Waals surface area contributed by atoms with Crippen LogP contribution in [-0.4, -0.2) is 30.6 Å².